The third kappa shape index (κ3) is 2.48. The number of anilines is 1. The molecule has 0 radical (unpaired) electrons. The second-order valence-electron chi connectivity index (χ2n) is 5.42. The number of hydrogen-bond donors (Lipinski definition) is 1. The lowest BCUT2D eigenvalue weighted by Crippen LogP contribution is -2.37. The van der Waals surface area contributed by atoms with Crippen molar-refractivity contribution in [2.45, 2.75) is 46.2 Å². The Labute approximate surface area is 123 Å². The van der Waals surface area contributed by atoms with Crippen LogP contribution in [-0.4, -0.2) is 24.7 Å². The van der Waals surface area contributed by atoms with Crippen LogP contribution in [0.2, 0.25) is 0 Å². The Hall–Kier alpha value is -2.05. The first-order chi connectivity index (χ1) is 9.92. The summed E-state index contributed by atoms with van der Waals surface area (Å²) in [4.78, 5) is 28.9. The van der Waals surface area contributed by atoms with E-state index >= 15 is 0 Å². The molecule has 0 saturated heterocycles. The molecule has 0 fully saturated rings. The number of fused-ring (bicyclic) bond motifs is 1. The average molecular weight is 293 g/mol. The molecule has 0 aliphatic carbocycles. The quantitative estimate of drug-likeness (QED) is 0.894. The molecule has 1 atom stereocenters. The summed E-state index contributed by atoms with van der Waals surface area (Å²) >= 11 is 0. The lowest BCUT2D eigenvalue weighted by Gasteiger charge is -2.14. The van der Waals surface area contributed by atoms with Gasteiger partial charge in [0.15, 0.2) is 11.2 Å². The number of hydrogen-bond acceptors (Lipinski definition) is 4. The molecular formula is C14H23N5O2. The van der Waals surface area contributed by atoms with Gasteiger partial charge in [0.2, 0.25) is 5.95 Å². The highest BCUT2D eigenvalue weighted by atomic mass is 16.2. The molecule has 7 nitrogen and oxygen atoms in total. The van der Waals surface area contributed by atoms with Crippen molar-refractivity contribution in [1.82, 2.24) is 18.7 Å². The number of nitrogens with one attached hydrogen (secondary N) is 1. The van der Waals surface area contributed by atoms with Crippen molar-refractivity contribution in [2.75, 3.05) is 5.32 Å². The molecule has 0 amide bonds. The van der Waals surface area contributed by atoms with Gasteiger partial charge in [0.05, 0.1) is 0 Å². The zero-order valence-electron chi connectivity index (χ0n) is 13.3. The number of imidazole rings is 1. The summed E-state index contributed by atoms with van der Waals surface area (Å²) in [6.07, 6.45) is 1.83. The van der Waals surface area contributed by atoms with Crippen molar-refractivity contribution in [3.05, 3.63) is 20.8 Å². The minimum Gasteiger partial charge on any atom is -0.353 e. The molecule has 2 heterocycles. The Bertz CT molecular complexity index is 768. The molecule has 0 spiro atoms. The van der Waals surface area contributed by atoms with E-state index in [4.69, 9.17) is 0 Å². The SMILES string of the molecule is CCCn1c(N[C@H](C)CC)nc2c1c(=O)n(C)c(=O)n2C. The highest BCUT2D eigenvalue weighted by Crippen LogP contribution is 2.17. The summed E-state index contributed by atoms with van der Waals surface area (Å²) in [6, 6.07) is 0.248. The molecule has 0 aliphatic heterocycles. The first-order valence-corrected chi connectivity index (χ1v) is 7.35. The van der Waals surface area contributed by atoms with Gasteiger partial charge < -0.3 is 9.88 Å². The molecule has 2 rings (SSSR count). The molecular weight excluding hydrogens is 270 g/mol. The largest absolute Gasteiger partial charge is 0.353 e. The van der Waals surface area contributed by atoms with Crippen LogP contribution in [0, 0.1) is 0 Å². The maximum atomic E-state index is 12.4. The van der Waals surface area contributed by atoms with Gasteiger partial charge >= 0.3 is 5.69 Å². The smallest absolute Gasteiger partial charge is 0.332 e. The van der Waals surface area contributed by atoms with E-state index in [1.54, 1.807) is 7.05 Å². The van der Waals surface area contributed by atoms with Crippen LogP contribution in [0.15, 0.2) is 9.59 Å². The first kappa shape index (κ1) is 15.3. The Kier molecular flexibility index (Phi) is 4.20. The predicted molar refractivity (Wildman–Crippen MR) is 83.9 cm³/mol. The van der Waals surface area contributed by atoms with Crippen LogP contribution < -0.4 is 16.6 Å². The van der Waals surface area contributed by atoms with E-state index in [0.717, 1.165) is 17.4 Å². The van der Waals surface area contributed by atoms with Crippen LogP contribution in [0.25, 0.3) is 11.2 Å². The van der Waals surface area contributed by atoms with Crippen molar-refractivity contribution >= 4 is 17.1 Å². The predicted octanol–water partition coefficient (Wildman–Crippen LogP) is 1.05. The van der Waals surface area contributed by atoms with E-state index in [0.29, 0.717) is 23.7 Å². The minimum atomic E-state index is -0.358. The van der Waals surface area contributed by atoms with Gasteiger partial charge in [-0.25, -0.2) is 4.79 Å². The third-order valence-electron chi connectivity index (χ3n) is 3.78. The molecule has 21 heavy (non-hydrogen) atoms. The van der Waals surface area contributed by atoms with E-state index in [2.05, 4.69) is 24.1 Å². The van der Waals surface area contributed by atoms with Crippen molar-refractivity contribution in [3.63, 3.8) is 0 Å². The number of aryl methyl sites for hydroxylation is 2. The van der Waals surface area contributed by atoms with Gasteiger partial charge in [-0.2, -0.15) is 4.98 Å². The second-order valence-corrected chi connectivity index (χ2v) is 5.42. The lowest BCUT2D eigenvalue weighted by atomic mass is 10.3. The molecule has 0 aromatic carbocycles. The summed E-state index contributed by atoms with van der Waals surface area (Å²) in [7, 11) is 3.13. The van der Waals surface area contributed by atoms with Gasteiger partial charge in [-0.1, -0.05) is 13.8 Å². The van der Waals surface area contributed by atoms with Gasteiger partial charge in [0, 0.05) is 26.7 Å². The molecule has 0 unspecified atom stereocenters. The summed E-state index contributed by atoms with van der Waals surface area (Å²) < 4.78 is 4.43. The molecule has 116 valence electrons. The summed E-state index contributed by atoms with van der Waals surface area (Å²) in [6.45, 7) is 6.88. The average Bonchev–Trinajstić information content (AvgIpc) is 2.82. The highest BCUT2D eigenvalue weighted by molar-refractivity contribution is 5.74. The third-order valence-corrected chi connectivity index (χ3v) is 3.78. The molecule has 7 heteroatoms. The van der Waals surface area contributed by atoms with Crippen LogP contribution in [0.1, 0.15) is 33.6 Å². The maximum Gasteiger partial charge on any atom is 0.332 e. The summed E-state index contributed by atoms with van der Waals surface area (Å²) in [5.74, 6) is 0.652. The molecule has 2 aromatic rings. The van der Waals surface area contributed by atoms with E-state index in [-0.39, 0.29) is 17.3 Å². The standard InChI is InChI=1S/C14H23N5O2/c1-6-8-19-10-11(16-13(19)15-9(3)7-2)17(4)14(21)18(5)12(10)20/h9H,6-8H2,1-5H3,(H,15,16)/t9-/m1/s1. The second kappa shape index (κ2) is 5.75. The van der Waals surface area contributed by atoms with Crippen LogP contribution in [0.3, 0.4) is 0 Å². The Balaban J connectivity index is 2.80. The van der Waals surface area contributed by atoms with Gasteiger partial charge in [-0.15, -0.1) is 0 Å². The Morgan fingerprint density at radius 2 is 1.86 bits per heavy atom. The first-order valence-electron chi connectivity index (χ1n) is 7.35. The van der Waals surface area contributed by atoms with Crippen LogP contribution in [-0.2, 0) is 20.6 Å². The van der Waals surface area contributed by atoms with E-state index in [1.165, 1.54) is 11.6 Å². The van der Waals surface area contributed by atoms with E-state index < -0.39 is 0 Å². The normalized spacial score (nSPS) is 12.8. The Morgan fingerprint density at radius 1 is 1.19 bits per heavy atom. The van der Waals surface area contributed by atoms with Crippen LogP contribution in [0.5, 0.6) is 0 Å². The topological polar surface area (TPSA) is 73.8 Å². The monoisotopic (exact) mass is 293 g/mol. The van der Waals surface area contributed by atoms with Crippen LogP contribution in [0.4, 0.5) is 5.95 Å². The zero-order chi connectivity index (χ0) is 15.7. The van der Waals surface area contributed by atoms with Gasteiger partial charge in [-0.05, 0) is 19.8 Å². The van der Waals surface area contributed by atoms with Crippen molar-refractivity contribution in [2.24, 2.45) is 14.1 Å². The molecule has 2 aromatic heterocycles. The Morgan fingerprint density at radius 3 is 2.43 bits per heavy atom. The zero-order valence-corrected chi connectivity index (χ0v) is 13.3. The molecule has 0 aliphatic rings. The van der Waals surface area contributed by atoms with Gasteiger partial charge in [-0.3, -0.25) is 13.9 Å². The van der Waals surface area contributed by atoms with Crippen molar-refractivity contribution < 1.29 is 0 Å². The number of nitrogens with zero attached hydrogens (tertiary/aromatic N) is 4. The summed E-state index contributed by atoms with van der Waals surface area (Å²) in [5.41, 5.74) is 0.254. The van der Waals surface area contributed by atoms with Crippen molar-refractivity contribution in [3.8, 4) is 0 Å². The van der Waals surface area contributed by atoms with E-state index in [9.17, 15) is 9.59 Å². The maximum absolute atomic E-state index is 12.4. The minimum absolute atomic E-state index is 0.248. The van der Waals surface area contributed by atoms with Crippen molar-refractivity contribution in [1.29, 1.82) is 0 Å². The van der Waals surface area contributed by atoms with Gasteiger partial charge in [0.25, 0.3) is 5.56 Å². The van der Waals surface area contributed by atoms with Gasteiger partial charge in [0.1, 0.15) is 0 Å². The molecule has 1 N–H and O–H groups in total. The molecule has 0 saturated carbocycles. The lowest BCUT2D eigenvalue weighted by molar-refractivity contribution is 0.667. The highest BCUT2D eigenvalue weighted by Gasteiger charge is 2.19. The molecule has 0 bridgehead atoms. The van der Waals surface area contributed by atoms with Crippen LogP contribution >= 0.6 is 0 Å². The number of aromatic nitrogens is 4. The number of rotatable bonds is 5. The fourth-order valence-corrected chi connectivity index (χ4v) is 2.32. The fraction of sp³-hybridized carbons (Fsp3) is 0.643. The summed E-state index contributed by atoms with van der Waals surface area (Å²) in [5, 5.41) is 3.32. The fourth-order valence-electron chi connectivity index (χ4n) is 2.32. The van der Waals surface area contributed by atoms with E-state index in [1.807, 2.05) is 11.5 Å².